The van der Waals surface area contributed by atoms with E-state index >= 15 is 0 Å². The summed E-state index contributed by atoms with van der Waals surface area (Å²) in [7, 11) is 2.80. The summed E-state index contributed by atoms with van der Waals surface area (Å²) in [4.78, 5) is 54.9. The van der Waals surface area contributed by atoms with Gasteiger partial charge in [-0.3, -0.25) is 19.2 Å². The van der Waals surface area contributed by atoms with E-state index in [1.54, 1.807) is 0 Å². The van der Waals surface area contributed by atoms with Crippen molar-refractivity contribution >= 4 is 23.8 Å². The van der Waals surface area contributed by atoms with Crippen LogP contribution in [0, 0.1) is 47.3 Å². The summed E-state index contributed by atoms with van der Waals surface area (Å²) in [5, 5.41) is 0. The molecule has 9 heteroatoms. The molecule has 2 amide bonds. The van der Waals surface area contributed by atoms with Crippen LogP contribution in [0.3, 0.4) is 0 Å². The molecule has 3 aliphatic heterocycles. The molecule has 2 unspecified atom stereocenters. The molecule has 9 nitrogen and oxygen atoms in total. The monoisotopic (exact) mass is 660 g/mol. The van der Waals surface area contributed by atoms with E-state index in [4.69, 9.17) is 14.2 Å². The Morgan fingerprint density at radius 2 is 1.13 bits per heavy atom. The zero-order chi connectivity index (χ0) is 34.4. The lowest BCUT2D eigenvalue weighted by atomic mass is 9.82. The average Bonchev–Trinajstić information content (AvgIpc) is 3.83. The Labute approximate surface area is 284 Å². The quantitative estimate of drug-likeness (QED) is 0.255. The number of fused-ring (bicyclic) bond motifs is 2. The molecule has 2 aliphatic carbocycles. The normalized spacial score (nSPS) is 30.2. The van der Waals surface area contributed by atoms with Crippen LogP contribution in [0.2, 0.25) is 0 Å². The standard InChI is InChI=1S/C20H33NO4.C18H31NO3/c1-13(2)18-11-15-5-4-6-17(15)21(18)20(23)16(12-19(22)24-3)14-7-9-25-10-8-14;1-11(2)14(10-17(20)22-5)18(21)19-15-8-6-7-13(15)9-16(19)12(3)4/h13-18H,4-12H2,1-3H3;11-16H,6-10H2,1-5H3/t15?,16-,17-,18-;13?,14-,15-,16-/m00/s1. The molecule has 0 aromatic carbocycles. The molecule has 5 rings (SSSR count). The number of ether oxygens (including phenoxy) is 3. The molecule has 0 spiro atoms. The number of carbonyl (C=O) groups excluding carboxylic acids is 4. The van der Waals surface area contributed by atoms with Gasteiger partial charge in [0.25, 0.3) is 0 Å². The van der Waals surface area contributed by atoms with Crippen molar-refractivity contribution in [3.05, 3.63) is 0 Å². The number of esters is 2. The van der Waals surface area contributed by atoms with Gasteiger partial charge in [-0.15, -0.1) is 0 Å². The van der Waals surface area contributed by atoms with Crippen LogP contribution in [-0.2, 0) is 33.4 Å². The van der Waals surface area contributed by atoms with Gasteiger partial charge < -0.3 is 24.0 Å². The molecule has 3 heterocycles. The Morgan fingerprint density at radius 1 is 0.660 bits per heavy atom. The van der Waals surface area contributed by atoms with Gasteiger partial charge in [0.15, 0.2) is 0 Å². The number of carbonyl (C=O) groups is 4. The van der Waals surface area contributed by atoms with Crippen LogP contribution in [0.5, 0.6) is 0 Å². The fourth-order valence-electron chi connectivity index (χ4n) is 9.59. The van der Waals surface area contributed by atoms with Crippen LogP contribution in [-0.4, -0.2) is 85.2 Å². The van der Waals surface area contributed by atoms with E-state index in [1.165, 1.54) is 39.9 Å². The van der Waals surface area contributed by atoms with Gasteiger partial charge in [-0.05, 0) is 86.9 Å². The SMILES string of the molecule is COC(=O)C[C@H](C(=O)N1[C@H](C(C)C)CC2CCC[C@@H]21)C(C)C.COC(=O)C[C@H](C(=O)N1[C@H](C(C)C)CC2CCC[C@@H]21)C1CCOCC1. The van der Waals surface area contributed by atoms with E-state index in [2.05, 4.69) is 37.5 Å². The fourth-order valence-corrected chi connectivity index (χ4v) is 9.59. The molecule has 8 atom stereocenters. The number of amides is 2. The Bertz CT molecular complexity index is 1070. The molecule has 0 aromatic rings. The van der Waals surface area contributed by atoms with Gasteiger partial charge in [0.1, 0.15) is 0 Å². The van der Waals surface area contributed by atoms with E-state index in [-0.39, 0.29) is 60.3 Å². The lowest BCUT2D eigenvalue weighted by Gasteiger charge is -2.38. The lowest BCUT2D eigenvalue weighted by Crippen LogP contribution is -2.49. The fraction of sp³-hybridized carbons (Fsp3) is 0.895. The summed E-state index contributed by atoms with van der Waals surface area (Å²) < 4.78 is 15.2. The van der Waals surface area contributed by atoms with Crippen LogP contribution in [0.4, 0.5) is 0 Å². The van der Waals surface area contributed by atoms with Gasteiger partial charge in [-0.2, -0.15) is 0 Å². The highest BCUT2D eigenvalue weighted by atomic mass is 16.5. The van der Waals surface area contributed by atoms with Crippen molar-refractivity contribution in [3.63, 3.8) is 0 Å². The molecule has 47 heavy (non-hydrogen) atoms. The molecule has 268 valence electrons. The predicted molar refractivity (Wildman–Crippen MR) is 181 cm³/mol. The first-order valence-corrected chi connectivity index (χ1v) is 18.7. The van der Waals surface area contributed by atoms with Crippen LogP contribution in [0.25, 0.3) is 0 Å². The van der Waals surface area contributed by atoms with Gasteiger partial charge in [0, 0.05) is 37.4 Å². The van der Waals surface area contributed by atoms with Gasteiger partial charge in [-0.1, -0.05) is 54.4 Å². The predicted octanol–water partition coefficient (Wildman–Crippen LogP) is 6.27. The largest absolute Gasteiger partial charge is 0.469 e. The Balaban J connectivity index is 0.000000215. The molecular formula is C38H64N2O7. The van der Waals surface area contributed by atoms with Crippen LogP contribution >= 0.6 is 0 Å². The molecule has 2 saturated carbocycles. The van der Waals surface area contributed by atoms with E-state index in [0.29, 0.717) is 61.1 Å². The first kappa shape index (κ1) is 37.7. The van der Waals surface area contributed by atoms with Crippen molar-refractivity contribution in [3.8, 4) is 0 Å². The molecule has 3 saturated heterocycles. The summed E-state index contributed by atoms with van der Waals surface area (Å²) >= 11 is 0. The van der Waals surface area contributed by atoms with Gasteiger partial charge >= 0.3 is 11.9 Å². The highest BCUT2D eigenvalue weighted by Crippen LogP contribution is 2.46. The summed E-state index contributed by atoms with van der Waals surface area (Å²) in [5.41, 5.74) is 0. The maximum Gasteiger partial charge on any atom is 0.306 e. The number of hydrogen-bond acceptors (Lipinski definition) is 7. The van der Waals surface area contributed by atoms with E-state index in [0.717, 1.165) is 38.5 Å². The minimum atomic E-state index is -0.282. The zero-order valence-corrected chi connectivity index (χ0v) is 30.6. The van der Waals surface area contributed by atoms with Crippen molar-refractivity contribution in [1.29, 1.82) is 0 Å². The van der Waals surface area contributed by atoms with Crippen LogP contribution in [0.15, 0.2) is 0 Å². The van der Waals surface area contributed by atoms with Crippen molar-refractivity contribution in [2.24, 2.45) is 47.3 Å². The Morgan fingerprint density at radius 3 is 1.57 bits per heavy atom. The molecule has 0 bridgehead atoms. The van der Waals surface area contributed by atoms with Crippen molar-refractivity contribution in [1.82, 2.24) is 9.80 Å². The average molecular weight is 661 g/mol. The first-order valence-electron chi connectivity index (χ1n) is 18.7. The second-order valence-corrected chi connectivity index (χ2v) is 16.1. The summed E-state index contributed by atoms with van der Waals surface area (Å²) in [5.74, 6) is 1.96. The van der Waals surface area contributed by atoms with Gasteiger partial charge in [-0.25, -0.2) is 0 Å². The maximum absolute atomic E-state index is 13.6. The third-order valence-electron chi connectivity index (χ3n) is 12.3. The Kier molecular flexibility index (Phi) is 13.6. The second kappa shape index (κ2) is 17.0. The van der Waals surface area contributed by atoms with E-state index in [1.807, 2.05) is 13.8 Å². The minimum absolute atomic E-state index is 0.153. The molecule has 0 N–H and O–H groups in total. The van der Waals surface area contributed by atoms with Gasteiger partial charge in [0.05, 0.1) is 38.9 Å². The van der Waals surface area contributed by atoms with Crippen molar-refractivity contribution < 1.29 is 33.4 Å². The topological polar surface area (TPSA) is 102 Å². The molecule has 0 aromatic heterocycles. The lowest BCUT2D eigenvalue weighted by molar-refractivity contribution is -0.151. The summed E-state index contributed by atoms with van der Waals surface area (Å²) in [6.07, 6.45) is 11.6. The molecule has 5 fully saturated rings. The Hall–Kier alpha value is -2.16. The zero-order valence-electron chi connectivity index (χ0n) is 30.6. The highest BCUT2D eigenvalue weighted by Gasteiger charge is 2.50. The summed E-state index contributed by atoms with van der Waals surface area (Å²) in [6, 6.07) is 1.45. The number of rotatable bonds is 10. The number of hydrogen-bond donors (Lipinski definition) is 0. The smallest absolute Gasteiger partial charge is 0.306 e. The molecule has 0 radical (unpaired) electrons. The van der Waals surface area contributed by atoms with Crippen molar-refractivity contribution in [2.75, 3.05) is 27.4 Å². The van der Waals surface area contributed by atoms with E-state index < -0.39 is 0 Å². The summed E-state index contributed by atoms with van der Waals surface area (Å²) in [6.45, 7) is 14.3. The molecular weight excluding hydrogens is 596 g/mol. The number of likely N-dealkylation sites (tertiary alicyclic amines) is 2. The van der Waals surface area contributed by atoms with E-state index in [9.17, 15) is 19.2 Å². The third kappa shape index (κ3) is 8.72. The van der Waals surface area contributed by atoms with Crippen LogP contribution < -0.4 is 0 Å². The maximum atomic E-state index is 13.6. The first-order chi connectivity index (χ1) is 22.4. The number of nitrogens with zero attached hydrogens (tertiary/aromatic N) is 2. The van der Waals surface area contributed by atoms with Crippen LogP contribution in [0.1, 0.15) is 119 Å². The minimum Gasteiger partial charge on any atom is -0.469 e. The third-order valence-corrected chi connectivity index (χ3v) is 12.3. The van der Waals surface area contributed by atoms with Crippen molar-refractivity contribution in [2.45, 2.75) is 143 Å². The highest BCUT2D eigenvalue weighted by molar-refractivity contribution is 5.85. The number of methoxy groups -OCH3 is 2. The van der Waals surface area contributed by atoms with Gasteiger partial charge in [0.2, 0.25) is 11.8 Å². The molecule has 5 aliphatic rings. The second-order valence-electron chi connectivity index (χ2n) is 16.1.